The van der Waals surface area contributed by atoms with Crippen molar-refractivity contribution in [3.63, 3.8) is 0 Å². The molecule has 0 fully saturated rings. The molecule has 0 saturated heterocycles. The molecule has 106 valence electrons. The van der Waals surface area contributed by atoms with Gasteiger partial charge in [-0.1, -0.05) is 23.2 Å². The monoisotopic (exact) mass is 318 g/mol. The maximum absolute atomic E-state index is 12.4. The third-order valence-electron chi connectivity index (χ3n) is 3.34. The van der Waals surface area contributed by atoms with Crippen molar-refractivity contribution in [2.45, 2.75) is 0 Å². The van der Waals surface area contributed by atoms with E-state index in [1.54, 1.807) is 24.3 Å². The quantitative estimate of drug-likeness (QED) is 0.727. The van der Waals surface area contributed by atoms with Gasteiger partial charge in [-0.05, 0) is 48.5 Å². The highest BCUT2D eigenvalue weighted by Crippen LogP contribution is 2.23. The van der Waals surface area contributed by atoms with E-state index in [1.807, 2.05) is 35.9 Å². The fraction of sp³-hybridized carbons (Fsp3) is 0.0625. The van der Waals surface area contributed by atoms with Gasteiger partial charge in [0.2, 0.25) is 0 Å². The van der Waals surface area contributed by atoms with Crippen molar-refractivity contribution in [1.82, 2.24) is 4.57 Å². The molecular formula is C16H12Cl2N2O. The first kappa shape index (κ1) is 14.0. The van der Waals surface area contributed by atoms with E-state index in [0.29, 0.717) is 21.4 Å². The molecule has 0 saturated carbocycles. The van der Waals surface area contributed by atoms with E-state index in [4.69, 9.17) is 23.2 Å². The number of aryl methyl sites for hydroxylation is 1. The molecule has 21 heavy (non-hydrogen) atoms. The van der Waals surface area contributed by atoms with Gasteiger partial charge in [-0.25, -0.2) is 0 Å². The number of benzene rings is 2. The van der Waals surface area contributed by atoms with Gasteiger partial charge in [0.1, 0.15) is 5.69 Å². The topological polar surface area (TPSA) is 34.0 Å². The highest BCUT2D eigenvalue weighted by Gasteiger charge is 2.13. The first-order valence-electron chi connectivity index (χ1n) is 6.36. The molecule has 0 aliphatic carbocycles. The van der Waals surface area contributed by atoms with Crippen LogP contribution in [0.15, 0.2) is 48.5 Å². The second-order valence-electron chi connectivity index (χ2n) is 4.75. The molecule has 1 aromatic heterocycles. The Morgan fingerprint density at radius 2 is 1.67 bits per heavy atom. The Labute approximate surface area is 132 Å². The van der Waals surface area contributed by atoms with Crippen LogP contribution in [-0.2, 0) is 7.05 Å². The number of amides is 1. The molecule has 1 heterocycles. The average Bonchev–Trinajstić information content (AvgIpc) is 2.78. The van der Waals surface area contributed by atoms with Crippen molar-refractivity contribution < 1.29 is 4.79 Å². The van der Waals surface area contributed by atoms with Gasteiger partial charge in [-0.2, -0.15) is 0 Å². The number of carbonyl (C=O) groups excluding carboxylic acids is 1. The van der Waals surface area contributed by atoms with E-state index in [0.717, 1.165) is 10.9 Å². The standard InChI is InChI=1S/C16H12Cl2N2O/c1-20-14-7-4-12(18)8-10(14)9-15(20)16(21)19-13-5-2-11(17)3-6-13/h2-9H,1H3,(H,19,21). The number of aromatic nitrogens is 1. The van der Waals surface area contributed by atoms with Crippen LogP contribution < -0.4 is 5.32 Å². The number of carbonyl (C=O) groups is 1. The molecule has 3 rings (SSSR count). The van der Waals surface area contributed by atoms with Crippen LogP contribution in [0.1, 0.15) is 10.5 Å². The Bertz CT molecular complexity index is 822. The summed E-state index contributed by atoms with van der Waals surface area (Å²) in [4.78, 5) is 12.4. The summed E-state index contributed by atoms with van der Waals surface area (Å²) in [6.07, 6.45) is 0. The number of anilines is 1. The maximum atomic E-state index is 12.4. The van der Waals surface area contributed by atoms with Crippen LogP contribution in [0.5, 0.6) is 0 Å². The normalized spacial score (nSPS) is 10.8. The summed E-state index contributed by atoms with van der Waals surface area (Å²) in [6.45, 7) is 0. The third kappa shape index (κ3) is 2.75. The third-order valence-corrected chi connectivity index (χ3v) is 3.83. The zero-order valence-electron chi connectivity index (χ0n) is 11.2. The van der Waals surface area contributed by atoms with Crippen LogP contribution in [0.2, 0.25) is 10.0 Å². The minimum atomic E-state index is -0.174. The van der Waals surface area contributed by atoms with Crippen LogP contribution in [-0.4, -0.2) is 10.5 Å². The molecule has 0 atom stereocenters. The molecule has 3 aromatic rings. The van der Waals surface area contributed by atoms with Crippen LogP contribution in [0.3, 0.4) is 0 Å². The second kappa shape index (κ2) is 5.43. The summed E-state index contributed by atoms with van der Waals surface area (Å²) in [7, 11) is 1.85. The maximum Gasteiger partial charge on any atom is 0.272 e. The molecule has 0 aliphatic rings. The van der Waals surface area contributed by atoms with Gasteiger partial charge in [-0.15, -0.1) is 0 Å². The molecule has 3 nitrogen and oxygen atoms in total. The number of fused-ring (bicyclic) bond motifs is 1. The Balaban J connectivity index is 1.94. The van der Waals surface area contributed by atoms with Crippen molar-refractivity contribution in [1.29, 1.82) is 0 Å². The van der Waals surface area contributed by atoms with Gasteiger partial charge >= 0.3 is 0 Å². The van der Waals surface area contributed by atoms with Gasteiger partial charge in [0, 0.05) is 33.7 Å². The fourth-order valence-corrected chi connectivity index (χ4v) is 2.57. The summed E-state index contributed by atoms with van der Waals surface area (Å²) >= 11 is 11.8. The highest BCUT2D eigenvalue weighted by atomic mass is 35.5. The minimum absolute atomic E-state index is 0.174. The first-order chi connectivity index (χ1) is 10.0. The molecule has 0 spiro atoms. The molecule has 1 amide bonds. The van der Waals surface area contributed by atoms with Crippen LogP contribution >= 0.6 is 23.2 Å². The Kier molecular flexibility index (Phi) is 3.62. The van der Waals surface area contributed by atoms with E-state index in [1.165, 1.54) is 0 Å². The van der Waals surface area contributed by atoms with E-state index in [-0.39, 0.29) is 5.91 Å². The molecule has 0 unspecified atom stereocenters. The van der Waals surface area contributed by atoms with Crippen molar-refractivity contribution in [3.05, 3.63) is 64.3 Å². The van der Waals surface area contributed by atoms with Gasteiger partial charge in [-0.3, -0.25) is 4.79 Å². The van der Waals surface area contributed by atoms with Crippen molar-refractivity contribution >= 4 is 45.7 Å². The summed E-state index contributed by atoms with van der Waals surface area (Å²) in [6, 6.07) is 14.4. The van der Waals surface area contributed by atoms with Crippen LogP contribution in [0, 0.1) is 0 Å². The smallest absolute Gasteiger partial charge is 0.272 e. The highest BCUT2D eigenvalue weighted by molar-refractivity contribution is 6.31. The summed E-state index contributed by atoms with van der Waals surface area (Å²) in [5.41, 5.74) is 2.23. The number of hydrogen-bond acceptors (Lipinski definition) is 1. The van der Waals surface area contributed by atoms with Gasteiger partial charge in [0.15, 0.2) is 0 Å². The Morgan fingerprint density at radius 3 is 2.38 bits per heavy atom. The zero-order valence-corrected chi connectivity index (χ0v) is 12.7. The number of nitrogens with zero attached hydrogens (tertiary/aromatic N) is 1. The largest absolute Gasteiger partial charge is 0.340 e. The lowest BCUT2D eigenvalue weighted by Gasteiger charge is -2.06. The molecule has 0 aliphatic heterocycles. The molecule has 0 bridgehead atoms. The van der Waals surface area contributed by atoms with Crippen LogP contribution in [0.4, 0.5) is 5.69 Å². The second-order valence-corrected chi connectivity index (χ2v) is 5.63. The minimum Gasteiger partial charge on any atom is -0.340 e. The predicted octanol–water partition coefficient (Wildman–Crippen LogP) is 4.74. The number of nitrogens with one attached hydrogen (secondary N) is 1. The SMILES string of the molecule is Cn1c(C(=O)Nc2ccc(Cl)cc2)cc2cc(Cl)ccc21. The van der Waals surface area contributed by atoms with E-state index in [9.17, 15) is 4.79 Å². The van der Waals surface area contributed by atoms with Gasteiger partial charge < -0.3 is 9.88 Å². The van der Waals surface area contributed by atoms with E-state index < -0.39 is 0 Å². The fourth-order valence-electron chi connectivity index (χ4n) is 2.27. The Hall–Kier alpha value is -1.97. The Morgan fingerprint density at radius 1 is 1.00 bits per heavy atom. The summed E-state index contributed by atoms with van der Waals surface area (Å²) in [5.74, 6) is -0.174. The number of rotatable bonds is 2. The lowest BCUT2D eigenvalue weighted by Crippen LogP contribution is -2.15. The van der Waals surface area contributed by atoms with Crippen molar-refractivity contribution in [2.24, 2.45) is 7.05 Å². The lowest BCUT2D eigenvalue weighted by molar-refractivity contribution is 0.102. The lowest BCUT2D eigenvalue weighted by atomic mass is 10.2. The summed E-state index contributed by atoms with van der Waals surface area (Å²) in [5, 5.41) is 5.07. The van der Waals surface area contributed by atoms with Gasteiger partial charge in [0.25, 0.3) is 5.91 Å². The van der Waals surface area contributed by atoms with E-state index in [2.05, 4.69) is 5.32 Å². The molecule has 1 N–H and O–H groups in total. The number of hydrogen-bond donors (Lipinski definition) is 1. The summed E-state index contributed by atoms with van der Waals surface area (Å²) < 4.78 is 1.84. The molecular weight excluding hydrogens is 307 g/mol. The van der Waals surface area contributed by atoms with Crippen molar-refractivity contribution in [3.8, 4) is 0 Å². The van der Waals surface area contributed by atoms with E-state index >= 15 is 0 Å². The predicted molar refractivity (Wildman–Crippen MR) is 87.3 cm³/mol. The zero-order chi connectivity index (χ0) is 15.0. The van der Waals surface area contributed by atoms with Gasteiger partial charge in [0.05, 0.1) is 0 Å². The molecule has 0 radical (unpaired) electrons. The number of halogens is 2. The first-order valence-corrected chi connectivity index (χ1v) is 7.12. The average molecular weight is 319 g/mol. The molecule has 5 heteroatoms. The molecule has 2 aromatic carbocycles. The van der Waals surface area contributed by atoms with Crippen LogP contribution in [0.25, 0.3) is 10.9 Å². The van der Waals surface area contributed by atoms with Crippen molar-refractivity contribution in [2.75, 3.05) is 5.32 Å².